The van der Waals surface area contributed by atoms with Crippen molar-refractivity contribution in [3.8, 4) is 5.75 Å². The van der Waals surface area contributed by atoms with Gasteiger partial charge in [0.25, 0.3) is 0 Å². The van der Waals surface area contributed by atoms with Crippen molar-refractivity contribution >= 4 is 34.1 Å². The molecule has 2 aromatic rings. The van der Waals surface area contributed by atoms with Gasteiger partial charge in [-0.3, -0.25) is 14.4 Å². The number of halogens is 2. The molecule has 1 saturated heterocycles. The second-order valence-corrected chi connectivity index (χ2v) is 19.1. The summed E-state index contributed by atoms with van der Waals surface area (Å²) in [5.74, 6) is -3.73. The van der Waals surface area contributed by atoms with Gasteiger partial charge in [-0.25, -0.2) is 13.6 Å². The lowest BCUT2D eigenvalue weighted by atomic mass is 9.44. The van der Waals surface area contributed by atoms with Crippen LogP contribution in [0, 0.1) is 48.2 Å². The molecule has 12 nitrogen and oxygen atoms in total. The summed E-state index contributed by atoms with van der Waals surface area (Å²) < 4.78 is 40.2. The zero-order valence-corrected chi connectivity index (χ0v) is 35.5. The lowest BCUT2D eigenvalue weighted by Gasteiger charge is -2.62. The highest BCUT2D eigenvalue weighted by Crippen LogP contribution is 2.71. The molecule has 8 rings (SSSR count). The number of piperazine rings is 1. The second kappa shape index (κ2) is 14.3. The molecular weight excluding hydrogens is 765 g/mol. The van der Waals surface area contributed by atoms with E-state index in [-0.39, 0.29) is 46.7 Å². The Kier molecular flexibility index (Phi) is 10.5. The maximum atomic E-state index is 17.0. The second-order valence-electron chi connectivity index (χ2n) is 19.1. The highest BCUT2D eigenvalue weighted by atomic mass is 19.1. The van der Waals surface area contributed by atoms with Crippen molar-refractivity contribution in [2.45, 2.75) is 129 Å². The lowest BCUT2D eigenvalue weighted by molar-refractivity contribution is -0.223. The number of hydrogen-bond donors (Lipinski definition) is 5. The van der Waals surface area contributed by atoms with E-state index < -0.39 is 68.6 Å². The van der Waals surface area contributed by atoms with Crippen molar-refractivity contribution in [3.05, 3.63) is 56.7 Å². The number of nitrogens with one attached hydrogen (secondary N) is 1. The number of ether oxygens (including phenoxy) is 1. The average Bonchev–Trinajstić information content (AvgIpc) is 3.97. The summed E-state index contributed by atoms with van der Waals surface area (Å²) in [6.45, 7) is 15.2. The maximum Gasteiger partial charge on any atom is 0.341 e. The van der Waals surface area contributed by atoms with Gasteiger partial charge in [0.2, 0.25) is 5.43 Å². The first-order valence-corrected chi connectivity index (χ1v) is 20.9. The predicted octanol–water partition coefficient (Wildman–Crippen LogP) is 5.27. The fourth-order valence-electron chi connectivity index (χ4n) is 12.0. The number of aromatic carboxylic acids is 1. The van der Waals surface area contributed by atoms with E-state index in [1.54, 1.807) is 40.7 Å². The molecule has 5 N–H and O–H groups in total. The topological polar surface area (TPSA) is 179 Å². The van der Waals surface area contributed by atoms with Crippen LogP contribution in [0.25, 0.3) is 10.9 Å². The number of ketones is 2. The van der Waals surface area contributed by atoms with Gasteiger partial charge in [0.15, 0.2) is 28.8 Å². The number of carboxylic acids is 1. The first kappa shape index (κ1) is 43.1. The van der Waals surface area contributed by atoms with Crippen LogP contribution < -0.4 is 20.4 Å². The van der Waals surface area contributed by atoms with Gasteiger partial charge in [0, 0.05) is 59.7 Å². The van der Waals surface area contributed by atoms with E-state index >= 15 is 8.78 Å². The minimum absolute atomic E-state index is 0.0853. The number of allylic oxidation sites excluding steroid dienone is 4. The van der Waals surface area contributed by atoms with Crippen LogP contribution in [0.3, 0.4) is 0 Å². The summed E-state index contributed by atoms with van der Waals surface area (Å²) in [7, 11) is 1.47. The van der Waals surface area contributed by atoms with Crippen LogP contribution in [0.1, 0.15) is 108 Å². The summed E-state index contributed by atoms with van der Waals surface area (Å²) >= 11 is 0. The number of aromatic nitrogens is 1. The van der Waals surface area contributed by atoms with E-state index in [1.165, 1.54) is 33.1 Å². The Morgan fingerprint density at radius 3 is 2.32 bits per heavy atom. The molecule has 2 heterocycles. The first-order valence-electron chi connectivity index (χ1n) is 20.9. The molecule has 6 aliphatic rings. The summed E-state index contributed by atoms with van der Waals surface area (Å²) in [6.07, 6.45) is 6.15. The fraction of sp³-hybridized carbons (Fsp3) is 0.644. The number of carbonyl (C=O) groups is 3. The molecule has 0 radical (unpaired) electrons. The number of aliphatic hydroxyl groups excluding tert-OH is 1. The minimum Gasteiger partial charge on any atom is -0.492 e. The number of methoxy groups -OCH3 is 1. The first-order chi connectivity index (χ1) is 27.4. The van der Waals surface area contributed by atoms with E-state index in [1.807, 2.05) is 16.4 Å². The van der Waals surface area contributed by atoms with Gasteiger partial charge in [0.05, 0.1) is 24.1 Å². The highest BCUT2D eigenvalue weighted by Gasteiger charge is 2.76. The molecule has 9 atom stereocenters. The third kappa shape index (κ3) is 6.08. The van der Waals surface area contributed by atoms with Crippen molar-refractivity contribution in [1.29, 1.82) is 0 Å². The monoisotopic (exact) mass is 823 g/mol. The minimum atomic E-state index is -2.00. The number of carboxylic acid groups (broad SMARTS) is 1. The molecule has 0 amide bonds. The molecule has 322 valence electrons. The molecule has 1 aliphatic heterocycles. The Labute approximate surface area is 343 Å². The van der Waals surface area contributed by atoms with Gasteiger partial charge in [-0.05, 0) is 104 Å². The standard InChI is InChI=1S/C24H33FO5.C21H26FN3O4/c1-13-10-17-16-7-6-14-11-15(26)8-9-21(14,4)23(16,25)18(27)12-22(17,5)24(13,30)19(28)20(2,3)29;1-10-9-24(8-7-23-10)18-16(22)11(2)14-17(20(18)29-4)25(13-5-6-13)12(3)15(19(14)26)21(27)28/h8-9,11,13,16-18,27,29-30H,6-7,10,12H2,1-5H3;10,13,23H,5-9H2,1-4H3,(H,27,28)/t13-,16+,17+,18+,21+,22+,23+,24+;/m1./s1. The third-order valence-corrected chi connectivity index (χ3v) is 15.1. The van der Waals surface area contributed by atoms with Crippen LogP contribution in [0.2, 0.25) is 0 Å². The van der Waals surface area contributed by atoms with E-state index in [4.69, 9.17) is 4.74 Å². The summed E-state index contributed by atoms with van der Waals surface area (Å²) in [5, 5.41) is 46.5. The average molecular weight is 824 g/mol. The Morgan fingerprint density at radius 1 is 1.08 bits per heavy atom. The van der Waals surface area contributed by atoms with E-state index in [0.29, 0.717) is 67.1 Å². The number of benzene rings is 1. The van der Waals surface area contributed by atoms with Gasteiger partial charge >= 0.3 is 5.97 Å². The molecule has 5 aliphatic carbocycles. The molecule has 59 heavy (non-hydrogen) atoms. The van der Waals surface area contributed by atoms with Gasteiger partial charge in [-0.1, -0.05) is 25.5 Å². The maximum absolute atomic E-state index is 17.0. The fourth-order valence-corrected chi connectivity index (χ4v) is 12.0. The van der Waals surface area contributed by atoms with E-state index in [2.05, 4.69) is 5.32 Å². The quantitative estimate of drug-likeness (QED) is 0.256. The third-order valence-electron chi connectivity index (χ3n) is 15.1. The van der Waals surface area contributed by atoms with Crippen LogP contribution in [0.4, 0.5) is 14.5 Å². The Bertz CT molecular complexity index is 2260. The molecule has 4 saturated carbocycles. The summed E-state index contributed by atoms with van der Waals surface area (Å²) in [5.41, 5.74) is -6.59. The summed E-state index contributed by atoms with van der Waals surface area (Å²) in [4.78, 5) is 52.0. The van der Waals surface area contributed by atoms with Gasteiger partial charge in [-0.2, -0.15) is 0 Å². The number of aryl methyl sites for hydroxylation is 1. The normalized spacial score (nSPS) is 35.3. The zero-order chi connectivity index (χ0) is 43.5. The van der Waals surface area contributed by atoms with Crippen LogP contribution in [-0.2, 0) is 9.59 Å². The van der Waals surface area contributed by atoms with E-state index in [0.717, 1.165) is 12.8 Å². The molecule has 1 aromatic heterocycles. The molecule has 0 bridgehead atoms. The number of rotatable bonds is 6. The van der Waals surface area contributed by atoms with Crippen molar-refractivity contribution in [2.75, 3.05) is 31.6 Å². The smallest absolute Gasteiger partial charge is 0.341 e. The number of pyridine rings is 1. The van der Waals surface area contributed by atoms with Crippen molar-refractivity contribution < 1.29 is 48.3 Å². The SMILES string of the molecule is COc1c(N2CCNC(C)C2)c(F)c(C)c2c(=O)c(C(=O)O)c(C)n(C3CC3)c12.C[C@@H]1C[C@H]2[C@@H]3CCC4=CC(=O)C=C[C@]4(C)[C@@]3(F)[C@@H](O)C[C@]2(C)[C@@]1(O)C(=O)C(C)(C)O. The van der Waals surface area contributed by atoms with E-state index in [9.17, 15) is 39.6 Å². The molecule has 1 unspecified atom stereocenters. The van der Waals surface area contributed by atoms with Crippen LogP contribution >= 0.6 is 0 Å². The largest absolute Gasteiger partial charge is 0.492 e. The zero-order valence-electron chi connectivity index (χ0n) is 35.5. The number of Topliss-reactive ketones (excluding diaryl/α,β-unsaturated/α-hetero) is 1. The number of fused-ring (bicyclic) bond motifs is 6. The molecule has 5 fully saturated rings. The number of alkyl halides is 1. The summed E-state index contributed by atoms with van der Waals surface area (Å²) in [6, 6.07) is 0.273. The predicted molar refractivity (Wildman–Crippen MR) is 218 cm³/mol. The Hall–Kier alpha value is -3.98. The highest BCUT2D eigenvalue weighted by molar-refractivity contribution is 6.02. The Balaban J connectivity index is 0.000000179. The number of hydrogen-bond acceptors (Lipinski definition) is 10. The molecule has 1 aromatic carbocycles. The van der Waals surface area contributed by atoms with Crippen molar-refractivity contribution in [1.82, 2.24) is 9.88 Å². The number of aliphatic hydroxyl groups is 3. The van der Waals surface area contributed by atoms with Crippen LogP contribution in [-0.4, -0.2) is 98.3 Å². The molecular formula is C45H59F2N3O9. The van der Waals surface area contributed by atoms with Crippen molar-refractivity contribution in [2.24, 2.45) is 28.6 Å². The number of anilines is 1. The van der Waals surface area contributed by atoms with Gasteiger partial charge in [-0.15, -0.1) is 0 Å². The van der Waals surface area contributed by atoms with Gasteiger partial charge in [0.1, 0.15) is 22.5 Å². The Morgan fingerprint density at radius 2 is 1.75 bits per heavy atom. The molecule has 14 heteroatoms. The van der Waals surface area contributed by atoms with Crippen LogP contribution in [0.5, 0.6) is 5.75 Å². The van der Waals surface area contributed by atoms with Crippen LogP contribution in [0.15, 0.2) is 28.6 Å². The lowest BCUT2D eigenvalue weighted by Crippen LogP contribution is -2.70. The molecule has 0 spiro atoms. The van der Waals surface area contributed by atoms with Crippen molar-refractivity contribution in [3.63, 3.8) is 0 Å². The number of nitrogens with zero attached hydrogens (tertiary/aromatic N) is 2. The number of carbonyl (C=O) groups excluding carboxylic acids is 2. The van der Waals surface area contributed by atoms with Gasteiger partial charge < -0.3 is 39.9 Å².